The molecule has 0 unspecified atom stereocenters. The van der Waals surface area contributed by atoms with Gasteiger partial charge in [0.15, 0.2) is 0 Å². The minimum Gasteiger partial charge on any atom is -0.466 e. The van der Waals surface area contributed by atoms with E-state index in [4.69, 9.17) is 4.74 Å². The molecule has 1 aliphatic heterocycles. The van der Waals surface area contributed by atoms with Crippen molar-refractivity contribution >= 4 is 12.1 Å². The van der Waals surface area contributed by atoms with Crippen molar-refractivity contribution in [2.45, 2.75) is 58.5 Å². The number of carboxylic acid groups (broad SMARTS) is 1. The minimum absolute atomic E-state index is 0.229. The molecule has 0 saturated carbocycles. The van der Waals surface area contributed by atoms with Crippen molar-refractivity contribution in [3.63, 3.8) is 0 Å². The lowest BCUT2D eigenvalue weighted by Crippen LogP contribution is -2.45. The largest absolute Gasteiger partial charge is 0.466 e. The lowest BCUT2D eigenvalue weighted by molar-refractivity contribution is -0.143. The summed E-state index contributed by atoms with van der Waals surface area (Å²) in [4.78, 5) is 25.0. The molecule has 25 heavy (non-hydrogen) atoms. The number of carbonyl (C=O) groups is 2. The predicted octanol–water partition coefficient (Wildman–Crippen LogP) is 4.38. The number of esters is 1. The van der Waals surface area contributed by atoms with E-state index in [1.54, 1.807) is 19.1 Å². The van der Waals surface area contributed by atoms with E-state index < -0.39 is 6.09 Å². The Morgan fingerprint density at radius 1 is 1.36 bits per heavy atom. The first kappa shape index (κ1) is 19.2. The Kier molecular flexibility index (Phi) is 6.03. The SMILES string of the molecule is CCOC(=O)CCC(C)(C)[C@H]1CC[C@@H](c2cccc(F)c2)N1C(=O)O. The Balaban J connectivity index is 2.17. The van der Waals surface area contributed by atoms with E-state index >= 15 is 0 Å². The number of halogens is 1. The van der Waals surface area contributed by atoms with E-state index in [1.807, 2.05) is 13.8 Å². The lowest BCUT2D eigenvalue weighted by Gasteiger charge is -2.38. The highest BCUT2D eigenvalue weighted by Gasteiger charge is 2.45. The summed E-state index contributed by atoms with van der Waals surface area (Å²) >= 11 is 0. The average molecular weight is 351 g/mol. The second-order valence-corrected chi connectivity index (χ2v) is 7.15. The van der Waals surface area contributed by atoms with E-state index in [0.717, 1.165) is 0 Å². The number of carbonyl (C=O) groups excluding carboxylic acids is 1. The van der Waals surface area contributed by atoms with E-state index in [-0.39, 0.29) is 35.7 Å². The van der Waals surface area contributed by atoms with Gasteiger partial charge in [0.05, 0.1) is 12.6 Å². The molecule has 2 atom stereocenters. The number of nitrogens with zero attached hydrogens (tertiary/aromatic N) is 1. The lowest BCUT2D eigenvalue weighted by atomic mass is 9.79. The van der Waals surface area contributed by atoms with Crippen molar-refractivity contribution in [2.75, 3.05) is 6.61 Å². The Bertz CT molecular complexity index is 632. The van der Waals surface area contributed by atoms with Crippen LogP contribution in [-0.2, 0) is 9.53 Å². The smallest absolute Gasteiger partial charge is 0.408 e. The molecule has 1 aliphatic rings. The van der Waals surface area contributed by atoms with Crippen molar-refractivity contribution in [1.82, 2.24) is 4.90 Å². The van der Waals surface area contributed by atoms with Gasteiger partial charge < -0.3 is 9.84 Å². The van der Waals surface area contributed by atoms with Gasteiger partial charge >= 0.3 is 12.1 Å². The number of benzene rings is 1. The van der Waals surface area contributed by atoms with Crippen LogP contribution < -0.4 is 0 Å². The fourth-order valence-corrected chi connectivity index (χ4v) is 3.71. The molecular weight excluding hydrogens is 325 g/mol. The molecule has 1 saturated heterocycles. The maximum atomic E-state index is 13.5. The highest BCUT2D eigenvalue weighted by Crippen LogP contribution is 2.45. The molecule has 2 rings (SSSR count). The van der Waals surface area contributed by atoms with Gasteiger partial charge in [-0.1, -0.05) is 26.0 Å². The highest BCUT2D eigenvalue weighted by molar-refractivity contribution is 5.69. The molecule has 0 spiro atoms. The third-order valence-corrected chi connectivity index (χ3v) is 5.02. The number of hydrogen-bond acceptors (Lipinski definition) is 3. The average Bonchev–Trinajstić information content (AvgIpc) is 2.99. The van der Waals surface area contributed by atoms with Gasteiger partial charge in [-0.25, -0.2) is 9.18 Å². The van der Waals surface area contributed by atoms with Gasteiger partial charge in [-0.3, -0.25) is 9.69 Å². The number of likely N-dealkylation sites (tertiary alicyclic amines) is 1. The summed E-state index contributed by atoms with van der Waals surface area (Å²) in [5.74, 6) is -0.634. The molecular formula is C19H26FNO4. The summed E-state index contributed by atoms with van der Waals surface area (Å²) in [5.41, 5.74) is 0.291. The number of ether oxygens (including phenoxy) is 1. The molecule has 1 aromatic carbocycles. The molecule has 1 amide bonds. The maximum Gasteiger partial charge on any atom is 0.408 e. The van der Waals surface area contributed by atoms with Crippen LogP contribution in [0.1, 0.15) is 58.1 Å². The topological polar surface area (TPSA) is 66.8 Å². The molecule has 1 fully saturated rings. The normalized spacial score (nSPS) is 20.6. The summed E-state index contributed by atoms with van der Waals surface area (Å²) in [6.07, 6.45) is 1.11. The molecule has 1 aromatic rings. The highest BCUT2D eigenvalue weighted by atomic mass is 19.1. The van der Waals surface area contributed by atoms with Crippen LogP contribution in [0, 0.1) is 11.2 Å². The van der Waals surface area contributed by atoms with E-state index in [1.165, 1.54) is 17.0 Å². The van der Waals surface area contributed by atoms with E-state index in [9.17, 15) is 19.1 Å². The van der Waals surface area contributed by atoms with Crippen LogP contribution in [0.4, 0.5) is 9.18 Å². The van der Waals surface area contributed by atoms with Crippen LogP contribution in [0.2, 0.25) is 0 Å². The fourth-order valence-electron chi connectivity index (χ4n) is 3.71. The Morgan fingerprint density at radius 2 is 2.08 bits per heavy atom. The molecule has 1 heterocycles. The predicted molar refractivity (Wildman–Crippen MR) is 91.7 cm³/mol. The van der Waals surface area contributed by atoms with Crippen molar-refractivity contribution in [2.24, 2.45) is 5.41 Å². The summed E-state index contributed by atoms with van der Waals surface area (Å²) < 4.78 is 18.5. The standard InChI is InChI=1S/C19H26FNO4/c1-4-25-17(22)10-11-19(2,3)16-9-8-15(21(16)18(23)24)13-6-5-7-14(20)12-13/h5-7,12,15-16H,4,8-11H2,1-3H3,(H,23,24)/t15-,16+/m0/s1. The second kappa shape index (κ2) is 7.85. The molecule has 1 N–H and O–H groups in total. The van der Waals surface area contributed by atoms with Crippen LogP contribution in [0.5, 0.6) is 0 Å². The minimum atomic E-state index is -1.01. The van der Waals surface area contributed by atoms with Crippen molar-refractivity contribution in [3.8, 4) is 0 Å². The van der Waals surface area contributed by atoms with Gasteiger partial charge in [-0.15, -0.1) is 0 Å². The summed E-state index contributed by atoms with van der Waals surface area (Å²) in [7, 11) is 0. The van der Waals surface area contributed by atoms with Crippen molar-refractivity contribution in [1.29, 1.82) is 0 Å². The number of amides is 1. The Labute approximate surface area is 147 Å². The summed E-state index contributed by atoms with van der Waals surface area (Å²) in [5, 5.41) is 9.75. The molecule has 0 aromatic heterocycles. The molecule has 5 nitrogen and oxygen atoms in total. The van der Waals surface area contributed by atoms with Gasteiger partial charge in [-0.2, -0.15) is 0 Å². The van der Waals surface area contributed by atoms with E-state index in [2.05, 4.69) is 0 Å². The Morgan fingerprint density at radius 3 is 2.68 bits per heavy atom. The first-order chi connectivity index (χ1) is 11.8. The number of hydrogen-bond donors (Lipinski definition) is 1. The third-order valence-electron chi connectivity index (χ3n) is 5.02. The monoisotopic (exact) mass is 351 g/mol. The van der Waals surface area contributed by atoms with Gasteiger partial charge in [0.1, 0.15) is 5.82 Å². The van der Waals surface area contributed by atoms with E-state index in [0.29, 0.717) is 31.4 Å². The zero-order valence-electron chi connectivity index (χ0n) is 15.0. The fraction of sp³-hybridized carbons (Fsp3) is 0.579. The van der Waals surface area contributed by atoms with Gasteiger partial charge in [-0.05, 0) is 49.3 Å². The van der Waals surface area contributed by atoms with Crippen LogP contribution in [-0.4, -0.2) is 34.7 Å². The first-order valence-electron chi connectivity index (χ1n) is 8.68. The Hall–Kier alpha value is -2.11. The van der Waals surface area contributed by atoms with Crippen LogP contribution in [0.15, 0.2) is 24.3 Å². The van der Waals surface area contributed by atoms with Gasteiger partial charge in [0.25, 0.3) is 0 Å². The zero-order chi connectivity index (χ0) is 18.6. The van der Waals surface area contributed by atoms with Crippen molar-refractivity contribution < 1.29 is 23.8 Å². The number of rotatable bonds is 6. The third kappa shape index (κ3) is 4.50. The molecule has 0 aliphatic carbocycles. The molecule has 0 radical (unpaired) electrons. The zero-order valence-corrected chi connectivity index (χ0v) is 15.0. The van der Waals surface area contributed by atoms with Crippen LogP contribution >= 0.6 is 0 Å². The van der Waals surface area contributed by atoms with Gasteiger partial charge in [0, 0.05) is 12.5 Å². The molecule has 138 valence electrons. The van der Waals surface area contributed by atoms with Crippen LogP contribution in [0.25, 0.3) is 0 Å². The van der Waals surface area contributed by atoms with Gasteiger partial charge in [0.2, 0.25) is 0 Å². The first-order valence-corrected chi connectivity index (χ1v) is 8.68. The van der Waals surface area contributed by atoms with Crippen molar-refractivity contribution in [3.05, 3.63) is 35.6 Å². The quantitative estimate of drug-likeness (QED) is 0.773. The van der Waals surface area contributed by atoms with Crippen LogP contribution in [0.3, 0.4) is 0 Å². The summed E-state index contributed by atoms with van der Waals surface area (Å²) in [6.45, 7) is 6.04. The summed E-state index contributed by atoms with van der Waals surface area (Å²) in [6, 6.07) is 5.52. The second-order valence-electron chi connectivity index (χ2n) is 7.15. The maximum absolute atomic E-state index is 13.5. The molecule has 6 heteroatoms. The molecule has 0 bridgehead atoms.